The number of carbonyl (C=O) groups excluding carboxylic acids is 12. The molecule has 0 bridgehead atoms. The molecule has 6 heterocycles. The van der Waals surface area contributed by atoms with E-state index in [1.54, 1.807) is 112 Å². The molecule has 530 valence electrons. The summed E-state index contributed by atoms with van der Waals surface area (Å²) in [5.41, 5.74) is 3.74. The van der Waals surface area contributed by atoms with E-state index in [0.717, 1.165) is 51.5 Å². The van der Waals surface area contributed by atoms with Crippen LogP contribution in [0.4, 0.5) is 0 Å². The van der Waals surface area contributed by atoms with Crippen molar-refractivity contribution in [3.05, 3.63) is 67.9 Å². The van der Waals surface area contributed by atoms with Crippen molar-refractivity contribution in [3.8, 4) is 0 Å². The highest BCUT2D eigenvalue weighted by Gasteiger charge is 2.43. The van der Waals surface area contributed by atoms with Crippen molar-refractivity contribution in [3.63, 3.8) is 0 Å². The fourth-order valence-corrected chi connectivity index (χ4v) is 10.6. The van der Waals surface area contributed by atoms with E-state index in [4.69, 9.17) is 52.1 Å². The molecule has 0 radical (unpaired) electrons. The topological polar surface area (TPSA) is 326 Å². The third kappa shape index (κ3) is 20.7. The van der Waals surface area contributed by atoms with Gasteiger partial charge >= 0.3 is 0 Å². The van der Waals surface area contributed by atoms with Gasteiger partial charge < -0.3 is 52.1 Å². The Bertz CT molecular complexity index is 2880. The van der Waals surface area contributed by atoms with E-state index < -0.39 is 23.4 Å². The smallest absolute Gasteiger partial charge is 0.257 e. The van der Waals surface area contributed by atoms with Gasteiger partial charge in [-0.3, -0.25) is 86.9 Å². The number of carbonyl (C=O) groups is 12. The molecule has 0 spiro atoms. The molecule has 0 fully saturated rings. The van der Waals surface area contributed by atoms with E-state index in [-0.39, 0.29) is 129 Å². The Morgan fingerprint density at radius 1 is 0.368 bits per heavy atom. The lowest BCUT2D eigenvalue weighted by atomic mass is 9.93. The first-order valence-corrected chi connectivity index (χ1v) is 30.8. The largest absolute Gasteiger partial charge is 0.382 e. The summed E-state index contributed by atoms with van der Waals surface area (Å²) >= 11 is 0. The lowest BCUT2D eigenvalue weighted by Crippen LogP contribution is -2.49. The highest BCUT2D eigenvalue weighted by Crippen LogP contribution is 2.33. The number of rotatable bonds is 30. The quantitative estimate of drug-likeness (QED) is 0.0932. The molecule has 5 unspecified atom stereocenters. The van der Waals surface area contributed by atoms with Gasteiger partial charge in [0.2, 0.25) is 0 Å². The number of imide groups is 6. The van der Waals surface area contributed by atoms with Gasteiger partial charge in [-0.15, -0.1) is 0 Å². The van der Waals surface area contributed by atoms with Crippen molar-refractivity contribution in [1.29, 1.82) is 0 Å². The second kappa shape index (κ2) is 38.0. The number of methoxy groups -OCH3 is 10. The second-order valence-electron chi connectivity index (χ2n) is 23.8. The van der Waals surface area contributed by atoms with Gasteiger partial charge in [0.05, 0.1) is 85.0 Å². The summed E-state index contributed by atoms with van der Waals surface area (Å²) in [6.45, 7) is 19.6. The minimum atomic E-state index is -0.687. The Labute approximate surface area is 556 Å². The molecular formula is C66H98N6O23. The molecule has 7 rings (SSSR count). The Balaban J connectivity index is 0.000000314. The first-order valence-electron chi connectivity index (χ1n) is 30.8. The van der Waals surface area contributed by atoms with Crippen molar-refractivity contribution in [2.75, 3.05) is 150 Å². The van der Waals surface area contributed by atoms with E-state index >= 15 is 0 Å². The molecule has 0 saturated carbocycles. The standard InChI is InChI=1S/C18H24N2O6.C13H21NO5.C13H19NO4.C12H19NO4.C10H15NO4/c1-9-10(2)16(22)19(15(9)21)7-13(25-5)14(26-6)8-20-17(23)11(3)12(4)18(20)24;1-9-10(2)13(16)14(12(9)15)5-6-19-11(7-17-3)8-18-4;1-17-8-9(18-2)7-14-12(15)10-5-3-4-6-11(10)13(14)16;1-8-9(2)11(15)13(10(8)14)6-12(3,17-5)7-16-4;1-10(15-3,7-14-2)6-11-8(12)4-5-9(11)13/h13-14H,7-8H2,1-6H3;11H,5-8H2,1-4H3;9H,3-8H2,1-2H3;6-7H2,1-5H3;4-5H,6-7H2,1-3H3. The van der Waals surface area contributed by atoms with Gasteiger partial charge in [-0.05, 0) is 94.9 Å². The fourth-order valence-electron chi connectivity index (χ4n) is 10.6. The number of hydrogen-bond donors (Lipinski definition) is 0. The lowest BCUT2D eigenvalue weighted by molar-refractivity contribution is -0.147. The molecule has 0 saturated heterocycles. The second-order valence-corrected chi connectivity index (χ2v) is 23.8. The van der Waals surface area contributed by atoms with Crippen LogP contribution in [0.3, 0.4) is 0 Å². The summed E-state index contributed by atoms with van der Waals surface area (Å²) in [7, 11) is 15.3. The first-order chi connectivity index (χ1) is 44.7. The third-order valence-electron chi connectivity index (χ3n) is 17.2. The summed E-state index contributed by atoms with van der Waals surface area (Å²) in [5, 5.41) is 0. The van der Waals surface area contributed by atoms with Gasteiger partial charge in [0.15, 0.2) is 0 Å². The molecule has 1 aliphatic carbocycles. The monoisotopic (exact) mass is 1340 g/mol. The van der Waals surface area contributed by atoms with E-state index in [9.17, 15) is 57.5 Å². The Morgan fingerprint density at radius 2 is 0.674 bits per heavy atom. The van der Waals surface area contributed by atoms with Gasteiger partial charge in [-0.1, -0.05) is 0 Å². The molecular weight excluding hydrogens is 1240 g/mol. The zero-order valence-electron chi connectivity index (χ0n) is 58.9. The molecule has 6 aliphatic heterocycles. The molecule has 0 aromatic heterocycles. The van der Waals surface area contributed by atoms with E-state index in [0.29, 0.717) is 77.6 Å². The predicted molar refractivity (Wildman–Crippen MR) is 341 cm³/mol. The van der Waals surface area contributed by atoms with Crippen LogP contribution in [0.1, 0.15) is 94.9 Å². The van der Waals surface area contributed by atoms with Gasteiger partial charge in [-0.25, -0.2) is 0 Å². The van der Waals surface area contributed by atoms with Crippen molar-refractivity contribution in [2.24, 2.45) is 0 Å². The Hall–Kier alpha value is -7.16. The minimum Gasteiger partial charge on any atom is -0.382 e. The molecule has 0 aromatic rings. The van der Waals surface area contributed by atoms with Gasteiger partial charge in [0.25, 0.3) is 70.9 Å². The van der Waals surface area contributed by atoms with Crippen LogP contribution in [0.5, 0.6) is 0 Å². The maximum Gasteiger partial charge on any atom is 0.257 e. The van der Waals surface area contributed by atoms with Crippen molar-refractivity contribution in [1.82, 2.24) is 29.4 Å². The van der Waals surface area contributed by atoms with Crippen molar-refractivity contribution < 1.29 is 110 Å². The maximum absolute atomic E-state index is 12.2. The van der Waals surface area contributed by atoms with E-state index in [2.05, 4.69) is 0 Å². The van der Waals surface area contributed by atoms with Crippen LogP contribution in [-0.4, -0.2) is 286 Å². The van der Waals surface area contributed by atoms with Crippen LogP contribution < -0.4 is 0 Å². The minimum absolute atomic E-state index is 0.0248. The average Bonchev–Trinajstić information content (AvgIpc) is 1.65. The summed E-state index contributed by atoms with van der Waals surface area (Å²) < 4.78 is 57.2. The number of hydrogen-bond acceptors (Lipinski definition) is 23. The van der Waals surface area contributed by atoms with Crippen molar-refractivity contribution >= 4 is 70.9 Å². The zero-order chi connectivity index (χ0) is 72.0. The molecule has 5 atom stereocenters. The molecule has 29 heteroatoms. The summed E-state index contributed by atoms with van der Waals surface area (Å²) in [6.07, 6.45) is 4.14. The third-order valence-corrected chi connectivity index (χ3v) is 17.2. The highest BCUT2D eigenvalue weighted by molar-refractivity contribution is 6.21. The summed E-state index contributed by atoms with van der Waals surface area (Å²) in [4.78, 5) is 150. The Morgan fingerprint density at radius 3 is 0.979 bits per heavy atom. The average molecular weight is 1340 g/mol. The van der Waals surface area contributed by atoms with Crippen LogP contribution in [0, 0.1) is 0 Å². The molecule has 7 aliphatic rings. The van der Waals surface area contributed by atoms with Gasteiger partial charge in [0.1, 0.15) is 29.5 Å². The number of ether oxygens (including phenoxy) is 11. The summed E-state index contributed by atoms with van der Waals surface area (Å²) in [6, 6.07) is 0. The van der Waals surface area contributed by atoms with Crippen LogP contribution in [0.2, 0.25) is 0 Å². The maximum atomic E-state index is 12.2. The molecule has 29 nitrogen and oxygen atoms in total. The molecule has 0 N–H and O–H groups in total. The normalized spacial score (nSPS) is 19.8. The van der Waals surface area contributed by atoms with E-state index in [1.807, 2.05) is 0 Å². The first kappa shape index (κ1) is 82.1. The van der Waals surface area contributed by atoms with Crippen LogP contribution in [0.15, 0.2) is 67.9 Å². The molecule has 0 aromatic carbocycles. The van der Waals surface area contributed by atoms with E-state index in [1.165, 1.54) is 55.3 Å². The summed E-state index contributed by atoms with van der Waals surface area (Å²) in [5.74, 6) is -3.31. The molecule has 95 heavy (non-hydrogen) atoms. The predicted octanol–water partition coefficient (Wildman–Crippen LogP) is 2.39. The lowest BCUT2D eigenvalue weighted by Gasteiger charge is -2.31. The Kier molecular flexibility index (Phi) is 32.8. The van der Waals surface area contributed by atoms with Crippen LogP contribution in [-0.2, 0) is 110 Å². The van der Waals surface area contributed by atoms with Gasteiger partial charge in [-0.2, -0.15) is 0 Å². The SMILES string of the molecule is COC(CN1C(=O)C(C)=C(C)C1=O)C(CN1C(=O)C(C)=C(C)C1=O)OC.COCC(C)(CN1C(=O)C(C)=C(C)C1=O)OC.COCC(C)(CN1C(=O)C=CC1=O)OC.COCC(CN1C(=O)C2=C(CCCC2)C1=O)OC.COCC(COC)OCCN1C(=O)C(C)=C(C)C1=O. The highest BCUT2D eigenvalue weighted by atomic mass is 16.6. The number of nitrogens with zero attached hydrogens (tertiary/aromatic N) is 6. The number of amides is 12. The van der Waals surface area contributed by atoms with Crippen LogP contribution in [0.25, 0.3) is 0 Å². The zero-order valence-corrected chi connectivity index (χ0v) is 58.9. The van der Waals surface area contributed by atoms with Crippen LogP contribution >= 0.6 is 0 Å². The van der Waals surface area contributed by atoms with Crippen molar-refractivity contribution in [2.45, 2.75) is 131 Å². The fraction of sp³-hybridized carbons (Fsp3) is 0.636. The molecule has 12 amide bonds. The van der Waals surface area contributed by atoms with Gasteiger partial charge in [0, 0.05) is 139 Å².